The molecule has 5 aromatic rings. The van der Waals surface area contributed by atoms with Crippen LogP contribution in [0.3, 0.4) is 0 Å². The highest BCUT2D eigenvalue weighted by Crippen LogP contribution is 2.35. The first-order valence-corrected chi connectivity index (χ1v) is 9.68. The van der Waals surface area contributed by atoms with Crippen LogP contribution in [-0.4, -0.2) is 17.6 Å². The number of carbonyl (C=O) groups excluding carboxylic acids is 1. The molecular weight excluding hydrogens is 376 g/mol. The molecule has 2 N–H and O–H groups in total. The van der Waals surface area contributed by atoms with E-state index in [0.717, 1.165) is 44.4 Å². The zero-order chi connectivity index (χ0) is 20.7. The number of benzene rings is 3. The van der Waals surface area contributed by atoms with E-state index in [1.807, 2.05) is 60.7 Å². The SMILES string of the molecule is COc1ccccc1Cn1c2cc(-c3ccco3)ccc2c2c(C(N)=O)cccc21. The van der Waals surface area contributed by atoms with Crippen molar-refractivity contribution in [2.24, 2.45) is 5.73 Å². The summed E-state index contributed by atoms with van der Waals surface area (Å²) in [4.78, 5) is 12.2. The fraction of sp³-hybridized carbons (Fsp3) is 0.0800. The zero-order valence-electron chi connectivity index (χ0n) is 16.5. The van der Waals surface area contributed by atoms with Crippen molar-refractivity contribution in [3.8, 4) is 17.1 Å². The van der Waals surface area contributed by atoms with Crippen molar-refractivity contribution >= 4 is 27.7 Å². The van der Waals surface area contributed by atoms with Gasteiger partial charge in [0, 0.05) is 27.5 Å². The molecular formula is C25H20N2O3. The predicted molar refractivity (Wildman–Crippen MR) is 118 cm³/mol. The second kappa shape index (κ2) is 7.12. The Balaban J connectivity index is 1.82. The molecule has 1 amide bonds. The van der Waals surface area contributed by atoms with Crippen molar-refractivity contribution in [1.82, 2.24) is 4.57 Å². The van der Waals surface area contributed by atoms with E-state index in [2.05, 4.69) is 10.6 Å². The molecule has 0 bridgehead atoms. The summed E-state index contributed by atoms with van der Waals surface area (Å²) in [5, 5.41) is 1.84. The summed E-state index contributed by atoms with van der Waals surface area (Å²) in [7, 11) is 1.67. The molecule has 0 unspecified atom stereocenters. The van der Waals surface area contributed by atoms with Crippen LogP contribution in [0.25, 0.3) is 33.1 Å². The Morgan fingerprint density at radius 3 is 2.63 bits per heavy atom. The Bertz CT molecular complexity index is 1380. The number of fused-ring (bicyclic) bond motifs is 3. The van der Waals surface area contributed by atoms with Crippen LogP contribution in [0.4, 0.5) is 0 Å². The van der Waals surface area contributed by atoms with Gasteiger partial charge in [-0.15, -0.1) is 0 Å². The number of furan rings is 1. The molecule has 0 aliphatic heterocycles. The van der Waals surface area contributed by atoms with Gasteiger partial charge >= 0.3 is 0 Å². The van der Waals surface area contributed by atoms with Crippen molar-refractivity contribution in [3.05, 3.63) is 90.2 Å². The molecule has 5 rings (SSSR count). The number of hydrogen-bond donors (Lipinski definition) is 1. The van der Waals surface area contributed by atoms with Crippen LogP contribution < -0.4 is 10.5 Å². The first-order valence-electron chi connectivity index (χ1n) is 9.68. The minimum atomic E-state index is -0.438. The highest BCUT2D eigenvalue weighted by molar-refractivity contribution is 6.18. The van der Waals surface area contributed by atoms with E-state index in [0.29, 0.717) is 12.1 Å². The van der Waals surface area contributed by atoms with Gasteiger partial charge in [0.05, 0.1) is 31.0 Å². The molecule has 2 heterocycles. The Hall–Kier alpha value is -3.99. The first-order chi connectivity index (χ1) is 14.7. The molecule has 0 radical (unpaired) electrons. The number of hydrogen-bond acceptors (Lipinski definition) is 3. The Labute approximate surface area is 173 Å². The molecule has 3 aromatic carbocycles. The van der Waals surface area contributed by atoms with Gasteiger partial charge in [0.1, 0.15) is 11.5 Å². The van der Waals surface area contributed by atoms with Crippen LogP contribution >= 0.6 is 0 Å². The van der Waals surface area contributed by atoms with Crippen molar-refractivity contribution in [1.29, 1.82) is 0 Å². The fourth-order valence-corrected chi connectivity index (χ4v) is 4.12. The summed E-state index contributed by atoms with van der Waals surface area (Å²) >= 11 is 0. The number of primary amides is 1. The second-order valence-electron chi connectivity index (χ2n) is 7.17. The average molecular weight is 396 g/mol. The highest BCUT2D eigenvalue weighted by atomic mass is 16.5. The van der Waals surface area contributed by atoms with E-state index >= 15 is 0 Å². The lowest BCUT2D eigenvalue weighted by molar-refractivity contribution is 0.100. The van der Waals surface area contributed by atoms with Crippen molar-refractivity contribution in [2.75, 3.05) is 7.11 Å². The third-order valence-corrected chi connectivity index (χ3v) is 5.48. The normalized spacial score (nSPS) is 11.2. The minimum Gasteiger partial charge on any atom is -0.496 e. The summed E-state index contributed by atoms with van der Waals surface area (Å²) in [5.74, 6) is 1.17. The molecule has 5 heteroatoms. The largest absolute Gasteiger partial charge is 0.496 e. The number of methoxy groups -OCH3 is 1. The number of nitrogens with zero attached hydrogens (tertiary/aromatic N) is 1. The van der Waals surface area contributed by atoms with E-state index in [1.54, 1.807) is 19.4 Å². The number of amides is 1. The monoisotopic (exact) mass is 396 g/mol. The first kappa shape index (κ1) is 18.1. The average Bonchev–Trinajstić information content (AvgIpc) is 3.41. The smallest absolute Gasteiger partial charge is 0.249 e. The van der Waals surface area contributed by atoms with E-state index in [1.165, 1.54) is 0 Å². The summed E-state index contributed by atoms with van der Waals surface area (Å²) in [5.41, 5.74) is 10.2. The van der Waals surface area contributed by atoms with Gasteiger partial charge < -0.3 is 19.5 Å². The van der Waals surface area contributed by atoms with Crippen molar-refractivity contribution in [3.63, 3.8) is 0 Å². The predicted octanol–water partition coefficient (Wildman–Crippen LogP) is 5.21. The Morgan fingerprint density at radius 1 is 1.00 bits per heavy atom. The Kier molecular flexibility index (Phi) is 4.29. The van der Waals surface area contributed by atoms with Crippen LogP contribution in [0.2, 0.25) is 0 Å². The lowest BCUT2D eigenvalue weighted by Crippen LogP contribution is -2.11. The molecule has 148 valence electrons. The van der Waals surface area contributed by atoms with Gasteiger partial charge in [-0.1, -0.05) is 36.4 Å². The highest BCUT2D eigenvalue weighted by Gasteiger charge is 2.18. The maximum Gasteiger partial charge on any atom is 0.249 e. The lowest BCUT2D eigenvalue weighted by Gasteiger charge is -2.12. The summed E-state index contributed by atoms with van der Waals surface area (Å²) in [6.07, 6.45) is 1.66. The molecule has 0 fully saturated rings. The molecule has 0 atom stereocenters. The number of carbonyl (C=O) groups is 1. The van der Waals surface area contributed by atoms with E-state index in [4.69, 9.17) is 14.9 Å². The molecule has 5 nitrogen and oxygen atoms in total. The minimum absolute atomic E-state index is 0.438. The van der Waals surface area contributed by atoms with Gasteiger partial charge in [-0.2, -0.15) is 0 Å². The third kappa shape index (κ3) is 2.83. The van der Waals surface area contributed by atoms with Crippen molar-refractivity contribution in [2.45, 2.75) is 6.54 Å². The molecule has 0 saturated carbocycles. The summed E-state index contributed by atoms with van der Waals surface area (Å²) < 4.78 is 13.4. The second-order valence-corrected chi connectivity index (χ2v) is 7.17. The Morgan fingerprint density at radius 2 is 1.87 bits per heavy atom. The number of rotatable bonds is 5. The van der Waals surface area contributed by atoms with Crippen LogP contribution in [0, 0.1) is 0 Å². The van der Waals surface area contributed by atoms with Crippen molar-refractivity contribution < 1.29 is 13.9 Å². The molecule has 2 aromatic heterocycles. The number of ether oxygens (including phenoxy) is 1. The number of aromatic nitrogens is 1. The maximum absolute atomic E-state index is 12.2. The standard InChI is InChI=1S/C25H20N2O3/c1-29-22-9-3-2-6-17(22)15-27-20-8-4-7-19(25(26)28)24(20)18-12-11-16(14-21(18)27)23-10-5-13-30-23/h2-14H,15H2,1H3,(H2,26,28). The molecule has 30 heavy (non-hydrogen) atoms. The molecule has 0 aliphatic carbocycles. The number of para-hydroxylation sites is 1. The topological polar surface area (TPSA) is 70.4 Å². The van der Waals surface area contributed by atoms with E-state index in [-0.39, 0.29) is 0 Å². The van der Waals surface area contributed by atoms with Gasteiger partial charge in [0.15, 0.2) is 0 Å². The van der Waals surface area contributed by atoms with E-state index < -0.39 is 5.91 Å². The number of nitrogens with two attached hydrogens (primary N) is 1. The van der Waals surface area contributed by atoms with Gasteiger partial charge in [-0.25, -0.2) is 0 Å². The van der Waals surface area contributed by atoms with Crippen LogP contribution in [-0.2, 0) is 6.54 Å². The quantitative estimate of drug-likeness (QED) is 0.443. The van der Waals surface area contributed by atoms with Crippen LogP contribution in [0.15, 0.2) is 83.5 Å². The fourth-order valence-electron chi connectivity index (χ4n) is 4.12. The van der Waals surface area contributed by atoms with Gasteiger partial charge in [-0.05, 0) is 36.4 Å². The van der Waals surface area contributed by atoms with Gasteiger partial charge in [-0.3, -0.25) is 4.79 Å². The molecule has 0 saturated heterocycles. The molecule has 0 aliphatic rings. The van der Waals surface area contributed by atoms with E-state index in [9.17, 15) is 4.79 Å². The summed E-state index contributed by atoms with van der Waals surface area (Å²) in [6, 6.07) is 23.5. The lowest BCUT2D eigenvalue weighted by atomic mass is 10.0. The van der Waals surface area contributed by atoms with Gasteiger partial charge in [0.2, 0.25) is 5.91 Å². The third-order valence-electron chi connectivity index (χ3n) is 5.48. The van der Waals surface area contributed by atoms with Gasteiger partial charge in [0.25, 0.3) is 0 Å². The maximum atomic E-state index is 12.2. The molecule has 0 spiro atoms. The zero-order valence-corrected chi connectivity index (χ0v) is 16.5. The van der Waals surface area contributed by atoms with Crippen LogP contribution in [0.1, 0.15) is 15.9 Å². The van der Waals surface area contributed by atoms with Crippen LogP contribution in [0.5, 0.6) is 5.75 Å². The summed E-state index contributed by atoms with van der Waals surface area (Å²) in [6.45, 7) is 0.591.